The lowest BCUT2D eigenvalue weighted by Crippen LogP contribution is -2.25. The van der Waals surface area contributed by atoms with Crippen molar-refractivity contribution >= 4 is 27.5 Å². The Kier molecular flexibility index (Phi) is 7.06. The minimum Gasteiger partial charge on any atom is -0.381 e. The third-order valence-electron chi connectivity index (χ3n) is 2.29. The Labute approximate surface area is 119 Å². The second kappa shape index (κ2) is 8.60. The van der Waals surface area contributed by atoms with Gasteiger partial charge in [-0.1, -0.05) is 22.0 Å². The van der Waals surface area contributed by atoms with Crippen LogP contribution in [0.1, 0.15) is 16.8 Å². The van der Waals surface area contributed by atoms with Gasteiger partial charge in [0.25, 0.3) is 11.6 Å². The van der Waals surface area contributed by atoms with Crippen LogP contribution in [0.4, 0.5) is 5.69 Å². The standard InChI is InChI=1S/C12H15BrN2O4/c13-5-8-19-7-2-6-14-12(16)10-3-1-4-11(9-10)15(17)18/h1,3-4,9H,2,5-8H2,(H,14,16). The van der Waals surface area contributed by atoms with Gasteiger partial charge >= 0.3 is 0 Å². The van der Waals surface area contributed by atoms with E-state index in [1.165, 1.54) is 18.2 Å². The highest BCUT2D eigenvalue weighted by molar-refractivity contribution is 9.09. The van der Waals surface area contributed by atoms with Crippen LogP contribution in [0.25, 0.3) is 0 Å². The Bertz CT molecular complexity index is 439. The van der Waals surface area contributed by atoms with Crippen molar-refractivity contribution in [2.75, 3.05) is 25.1 Å². The number of nitrogens with zero attached hydrogens (tertiary/aromatic N) is 1. The van der Waals surface area contributed by atoms with Gasteiger partial charge in [-0.05, 0) is 12.5 Å². The molecule has 1 aromatic rings. The molecule has 0 bridgehead atoms. The molecule has 0 aliphatic carbocycles. The molecule has 0 saturated carbocycles. The quantitative estimate of drug-likeness (QED) is 0.342. The summed E-state index contributed by atoms with van der Waals surface area (Å²) in [4.78, 5) is 21.8. The van der Waals surface area contributed by atoms with Gasteiger partial charge in [0.1, 0.15) is 0 Å². The van der Waals surface area contributed by atoms with E-state index in [2.05, 4.69) is 21.2 Å². The first kappa shape index (κ1) is 15.6. The number of halogens is 1. The van der Waals surface area contributed by atoms with E-state index in [-0.39, 0.29) is 17.2 Å². The smallest absolute Gasteiger partial charge is 0.270 e. The molecule has 0 aliphatic rings. The van der Waals surface area contributed by atoms with E-state index >= 15 is 0 Å². The Morgan fingerprint density at radius 3 is 2.89 bits per heavy atom. The van der Waals surface area contributed by atoms with Crippen molar-refractivity contribution in [2.24, 2.45) is 0 Å². The fraction of sp³-hybridized carbons (Fsp3) is 0.417. The van der Waals surface area contributed by atoms with E-state index < -0.39 is 4.92 Å². The summed E-state index contributed by atoms with van der Waals surface area (Å²) in [5, 5.41) is 14.1. The van der Waals surface area contributed by atoms with Crippen molar-refractivity contribution in [1.82, 2.24) is 5.32 Å². The van der Waals surface area contributed by atoms with E-state index in [0.29, 0.717) is 26.2 Å². The fourth-order valence-electron chi connectivity index (χ4n) is 1.40. The van der Waals surface area contributed by atoms with E-state index in [9.17, 15) is 14.9 Å². The van der Waals surface area contributed by atoms with Gasteiger partial charge in [0.15, 0.2) is 0 Å². The zero-order chi connectivity index (χ0) is 14.1. The molecule has 0 heterocycles. The predicted molar refractivity (Wildman–Crippen MR) is 74.7 cm³/mol. The SMILES string of the molecule is O=C(NCCCOCCBr)c1cccc([N+](=O)[O-])c1. The number of ether oxygens (including phenoxy) is 1. The summed E-state index contributed by atoms with van der Waals surface area (Å²) in [6.07, 6.45) is 0.702. The lowest BCUT2D eigenvalue weighted by molar-refractivity contribution is -0.384. The van der Waals surface area contributed by atoms with Crippen LogP contribution in [-0.2, 0) is 4.74 Å². The van der Waals surface area contributed by atoms with Crippen LogP contribution in [0.15, 0.2) is 24.3 Å². The van der Waals surface area contributed by atoms with E-state index in [1.54, 1.807) is 6.07 Å². The van der Waals surface area contributed by atoms with Gasteiger partial charge in [-0.3, -0.25) is 14.9 Å². The number of nitrogens with one attached hydrogen (secondary N) is 1. The minimum absolute atomic E-state index is 0.0895. The number of amides is 1. The fourth-order valence-corrected chi connectivity index (χ4v) is 1.62. The van der Waals surface area contributed by atoms with Crippen molar-refractivity contribution < 1.29 is 14.5 Å². The van der Waals surface area contributed by atoms with E-state index in [0.717, 1.165) is 5.33 Å². The van der Waals surface area contributed by atoms with E-state index in [1.807, 2.05) is 0 Å². The van der Waals surface area contributed by atoms with Crippen molar-refractivity contribution in [3.63, 3.8) is 0 Å². The highest BCUT2D eigenvalue weighted by atomic mass is 79.9. The lowest BCUT2D eigenvalue weighted by Gasteiger charge is -2.05. The van der Waals surface area contributed by atoms with Crippen LogP contribution in [0.5, 0.6) is 0 Å². The van der Waals surface area contributed by atoms with Crippen molar-refractivity contribution in [3.05, 3.63) is 39.9 Å². The zero-order valence-corrected chi connectivity index (χ0v) is 11.9. The summed E-state index contributed by atoms with van der Waals surface area (Å²) >= 11 is 3.24. The number of benzene rings is 1. The molecule has 19 heavy (non-hydrogen) atoms. The normalized spacial score (nSPS) is 10.2. The molecule has 0 aromatic heterocycles. The maximum Gasteiger partial charge on any atom is 0.270 e. The number of alkyl halides is 1. The largest absolute Gasteiger partial charge is 0.381 e. The summed E-state index contributed by atoms with van der Waals surface area (Å²) in [7, 11) is 0. The average molecular weight is 331 g/mol. The Morgan fingerprint density at radius 2 is 2.21 bits per heavy atom. The van der Waals surface area contributed by atoms with Crippen molar-refractivity contribution in [1.29, 1.82) is 0 Å². The highest BCUT2D eigenvalue weighted by Gasteiger charge is 2.10. The number of carbonyl (C=O) groups excluding carboxylic acids is 1. The summed E-state index contributed by atoms with van der Waals surface area (Å²) in [5.74, 6) is -0.316. The molecule has 1 aromatic carbocycles. The van der Waals surface area contributed by atoms with Gasteiger partial charge in [-0.25, -0.2) is 0 Å². The minimum atomic E-state index is -0.523. The molecule has 0 spiro atoms. The average Bonchev–Trinajstić information content (AvgIpc) is 2.42. The molecule has 1 amide bonds. The molecule has 6 nitrogen and oxygen atoms in total. The molecular weight excluding hydrogens is 316 g/mol. The lowest BCUT2D eigenvalue weighted by atomic mass is 10.2. The van der Waals surface area contributed by atoms with Crippen molar-refractivity contribution in [2.45, 2.75) is 6.42 Å². The van der Waals surface area contributed by atoms with Crippen LogP contribution in [-0.4, -0.2) is 35.9 Å². The summed E-state index contributed by atoms with van der Waals surface area (Å²) in [5.41, 5.74) is 0.198. The molecule has 7 heteroatoms. The van der Waals surface area contributed by atoms with Gasteiger partial charge < -0.3 is 10.1 Å². The molecule has 0 saturated heterocycles. The molecule has 0 unspecified atom stereocenters. The Morgan fingerprint density at radius 1 is 1.42 bits per heavy atom. The second-order valence-electron chi connectivity index (χ2n) is 3.72. The van der Waals surface area contributed by atoms with Gasteiger partial charge in [0.05, 0.1) is 11.5 Å². The van der Waals surface area contributed by atoms with Crippen LogP contribution in [0.3, 0.4) is 0 Å². The maximum absolute atomic E-state index is 11.7. The Hall–Kier alpha value is -1.47. The molecule has 1 N–H and O–H groups in total. The van der Waals surface area contributed by atoms with Crippen LogP contribution in [0, 0.1) is 10.1 Å². The molecule has 0 atom stereocenters. The third-order valence-corrected chi connectivity index (χ3v) is 2.62. The van der Waals surface area contributed by atoms with E-state index in [4.69, 9.17) is 4.74 Å². The number of nitro groups is 1. The first-order chi connectivity index (χ1) is 9.15. The van der Waals surface area contributed by atoms with Crippen LogP contribution < -0.4 is 5.32 Å². The molecular formula is C12H15BrN2O4. The van der Waals surface area contributed by atoms with Crippen LogP contribution in [0.2, 0.25) is 0 Å². The molecule has 0 radical (unpaired) electrons. The highest BCUT2D eigenvalue weighted by Crippen LogP contribution is 2.12. The third kappa shape index (κ3) is 5.80. The molecule has 104 valence electrons. The summed E-state index contributed by atoms with van der Waals surface area (Å²) in [6, 6.07) is 5.65. The van der Waals surface area contributed by atoms with Gasteiger partial charge in [-0.2, -0.15) is 0 Å². The number of nitro benzene ring substituents is 1. The molecule has 0 aliphatic heterocycles. The van der Waals surface area contributed by atoms with Gasteiger partial charge in [0, 0.05) is 36.2 Å². The molecule has 0 fully saturated rings. The Balaban J connectivity index is 2.37. The van der Waals surface area contributed by atoms with Crippen molar-refractivity contribution in [3.8, 4) is 0 Å². The number of rotatable bonds is 8. The molecule has 1 rings (SSSR count). The number of carbonyl (C=O) groups is 1. The number of non-ortho nitro benzene ring substituents is 1. The van der Waals surface area contributed by atoms with Crippen LogP contribution >= 0.6 is 15.9 Å². The topological polar surface area (TPSA) is 81.5 Å². The number of hydrogen-bond donors (Lipinski definition) is 1. The summed E-state index contributed by atoms with van der Waals surface area (Å²) in [6.45, 7) is 1.68. The predicted octanol–water partition coefficient (Wildman–Crippen LogP) is 2.13. The summed E-state index contributed by atoms with van der Waals surface area (Å²) < 4.78 is 5.23. The first-order valence-corrected chi connectivity index (χ1v) is 6.93. The zero-order valence-electron chi connectivity index (χ0n) is 10.3. The van der Waals surface area contributed by atoms with Gasteiger partial charge in [-0.15, -0.1) is 0 Å². The monoisotopic (exact) mass is 330 g/mol. The van der Waals surface area contributed by atoms with Gasteiger partial charge in [0.2, 0.25) is 0 Å². The second-order valence-corrected chi connectivity index (χ2v) is 4.51. The first-order valence-electron chi connectivity index (χ1n) is 5.81. The number of hydrogen-bond acceptors (Lipinski definition) is 4. The maximum atomic E-state index is 11.7.